The van der Waals surface area contributed by atoms with Gasteiger partial charge in [0, 0.05) is 0 Å². The molecule has 15 heavy (non-hydrogen) atoms. The van der Waals surface area contributed by atoms with E-state index in [1.807, 2.05) is 0 Å². The minimum absolute atomic E-state index is 0.0878. The highest BCUT2D eigenvalue weighted by Gasteiger charge is 2.68. The number of β-lactam (4-membered cyclic amide) rings is 1. The maximum atomic E-state index is 11.8. The van der Waals surface area contributed by atoms with Crippen molar-refractivity contribution in [3.8, 4) is 0 Å². The van der Waals surface area contributed by atoms with E-state index >= 15 is 0 Å². The fraction of sp³-hybridized carbons (Fsp3) is 0.750. The van der Waals surface area contributed by atoms with Gasteiger partial charge in [-0.05, 0) is 13.8 Å². The van der Waals surface area contributed by atoms with Gasteiger partial charge >= 0.3 is 5.97 Å². The fourth-order valence-electron chi connectivity index (χ4n) is 2.24. The second-order valence-electron chi connectivity index (χ2n) is 4.11. The van der Waals surface area contributed by atoms with Gasteiger partial charge in [-0.1, -0.05) is 0 Å². The van der Waals surface area contributed by atoms with Gasteiger partial charge < -0.3 is 10.0 Å². The number of amides is 1. The van der Waals surface area contributed by atoms with Crippen molar-refractivity contribution in [3.05, 3.63) is 0 Å². The molecule has 1 N–H and O–H groups in total. The summed E-state index contributed by atoms with van der Waals surface area (Å²) in [7, 11) is -3.53. The summed E-state index contributed by atoms with van der Waals surface area (Å²) in [6.45, 7) is 2.63. The lowest BCUT2D eigenvalue weighted by atomic mass is 9.92. The van der Waals surface area contributed by atoms with Crippen molar-refractivity contribution in [1.82, 2.24) is 4.90 Å². The number of fused-ring (bicyclic) bond motifs is 1. The molecule has 3 atom stereocenters. The summed E-state index contributed by atoms with van der Waals surface area (Å²) >= 11 is 0. The van der Waals surface area contributed by atoms with Gasteiger partial charge in [0.15, 0.2) is 15.4 Å². The van der Waals surface area contributed by atoms with E-state index in [2.05, 4.69) is 0 Å². The van der Waals surface area contributed by atoms with Crippen molar-refractivity contribution in [2.45, 2.75) is 36.4 Å². The van der Waals surface area contributed by atoms with Crippen LogP contribution in [0.15, 0.2) is 0 Å². The van der Waals surface area contributed by atoms with Crippen molar-refractivity contribution in [1.29, 1.82) is 0 Å². The fourth-order valence-corrected chi connectivity index (χ4v) is 4.57. The summed E-state index contributed by atoms with van der Waals surface area (Å²) in [6.07, 6.45) is -0.0878. The molecule has 0 aromatic rings. The van der Waals surface area contributed by atoms with Gasteiger partial charge in [-0.15, -0.1) is 0 Å². The first-order valence-electron chi connectivity index (χ1n) is 4.52. The van der Waals surface area contributed by atoms with Crippen LogP contribution in [0, 0.1) is 0 Å². The molecule has 2 fully saturated rings. The van der Waals surface area contributed by atoms with Crippen LogP contribution in [-0.4, -0.2) is 46.5 Å². The van der Waals surface area contributed by atoms with Gasteiger partial charge in [0.05, 0.1) is 11.7 Å². The number of hydrogen-bond donors (Lipinski definition) is 1. The molecule has 0 aromatic carbocycles. The molecule has 0 spiro atoms. The molecule has 0 saturated carbocycles. The summed E-state index contributed by atoms with van der Waals surface area (Å²) in [5.41, 5.74) is -1.61. The third-order valence-corrected chi connectivity index (χ3v) is 6.08. The van der Waals surface area contributed by atoms with Crippen molar-refractivity contribution in [2.24, 2.45) is 0 Å². The van der Waals surface area contributed by atoms with E-state index in [1.54, 1.807) is 0 Å². The number of carbonyl (C=O) groups excluding carboxylic acids is 1. The first-order valence-corrected chi connectivity index (χ1v) is 6.13. The normalized spacial score (nSPS) is 42.3. The summed E-state index contributed by atoms with van der Waals surface area (Å²) in [4.78, 5) is 23.3. The standard InChI is InChI=1S/C8H11NO5S/c1-4-8(2,7(11)12)9-5(10)3-6(9)15(4,13)14/h4,6H,3H2,1-2H3,(H,11,12). The zero-order valence-corrected chi connectivity index (χ0v) is 9.11. The minimum atomic E-state index is -3.53. The number of carboxylic acid groups (broad SMARTS) is 1. The molecule has 2 heterocycles. The summed E-state index contributed by atoms with van der Waals surface area (Å²) in [5.74, 6) is -1.67. The molecular formula is C8H11NO5S. The zero-order valence-electron chi connectivity index (χ0n) is 8.30. The van der Waals surface area contributed by atoms with Gasteiger partial charge in [0.2, 0.25) is 5.91 Å². The first kappa shape index (κ1) is 10.4. The third kappa shape index (κ3) is 0.914. The number of hydrogen-bond acceptors (Lipinski definition) is 4. The highest BCUT2D eigenvalue weighted by Crippen LogP contribution is 2.45. The zero-order chi connectivity index (χ0) is 11.6. The number of sulfone groups is 1. The molecule has 2 aliphatic heterocycles. The Balaban J connectivity index is 2.59. The van der Waals surface area contributed by atoms with Crippen LogP contribution in [0.4, 0.5) is 0 Å². The van der Waals surface area contributed by atoms with E-state index in [-0.39, 0.29) is 6.42 Å². The molecule has 6 nitrogen and oxygen atoms in total. The van der Waals surface area contributed by atoms with Crippen LogP contribution in [0.25, 0.3) is 0 Å². The second-order valence-corrected chi connectivity index (χ2v) is 6.54. The van der Waals surface area contributed by atoms with Crippen molar-refractivity contribution in [2.75, 3.05) is 0 Å². The van der Waals surface area contributed by atoms with Crippen LogP contribution in [0.2, 0.25) is 0 Å². The van der Waals surface area contributed by atoms with Gasteiger partial charge in [0.25, 0.3) is 0 Å². The van der Waals surface area contributed by atoms with E-state index in [0.29, 0.717) is 0 Å². The van der Waals surface area contributed by atoms with Crippen LogP contribution in [0.3, 0.4) is 0 Å². The Labute approximate surface area is 86.8 Å². The Kier molecular flexibility index (Phi) is 1.75. The number of carboxylic acids is 1. The second kappa shape index (κ2) is 2.52. The average molecular weight is 233 g/mol. The van der Waals surface area contributed by atoms with E-state index in [0.717, 1.165) is 4.90 Å². The Morgan fingerprint density at radius 2 is 2.13 bits per heavy atom. The summed E-state index contributed by atoms with van der Waals surface area (Å²) < 4.78 is 23.5. The van der Waals surface area contributed by atoms with Crippen molar-refractivity contribution in [3.63, 3.8) is 0 Å². The van der Waals surface area contributed by atoms with E-state index in [1.165, 1.54) is 13.8 Å². The van der Waals surface area contributed by atoms with Crippen molar-refractivity contribution >= 4 is 21.7 Å². The first-order chi connectivity index (χ1) is 6.74. The molecule has 7 heteroatoms. The van der Waals surface area contributed by atoms with Crippen LogP contribution >= 0.6 is 0 Å². The maximum Gasteiger partial charge on any atom is 0.330 e. The lowest BCUT2D eigenvalue weighted by Crippen LogP contribution is -2.63. The number of rotatable bonds is 1. The number of nitrogens with zero attached hydrogens (tertiary/aromatic N) is 1. The number of carbonyl (C=O) groups is 2. The largest absolute Gasteiger partial charge is 0.479 e. The smallest absolute Gasteiger partial charge is 0.330 e. The molecule has 0 radical (unpaired) electrons. The third-order valence-electron chi connectivity index (χ3n) is 3.50. The molecule has 1 amide bonds. The maximum absolute atomic E-state index is 11.8. The molecular weight excluding hydrogens is 222 g/mol. The average Bonchev–Trinajstić information content (AvgIpc) is 2.22. The van der Waals surface area contributed by atoms with Crippen LogP contribution in [-0.2, 0) is 19.4 Å². The minimum Gasteiger partial charge on any atom is -0.479 e. The van der Waals surface area contributed by atoms with Gasteiger partial charge in [-0.2, -0.15) is 0 Å². The predicted octanol–water partition coefficient (Wildman–Crippen LogP) is -0.795. The summed E-state index contributed by atoms with van der Waals surface area (Å²) in [5, 5.41) is 7.07. The van der Waals surface area contributed by atoms with Gasteiger partial charge in [-0.25, -0.2) is 13.2 Å². The SMILES string of the molecule is CC1C(C)(C(=O)O)N2C(=O)CC2S1(=O)=O. The van der Waals surface area contributed by atoms with Crippen molar-refractivity contribution < 1.29 is 23.1 Å². The predicted molar refractivity (Wildman–Crippen MR) is 49.7 cm³/mol. The van der Waals surface area contributed by atoms with Crippen LogP contribution in [0.1, 0.15) is 20.3 Å². The molecule has 2 rings (SSSR count). The summed E-state index contributed by atoms with van der Waals surface area (Å²) in [6, 6.07) is 0. The van der Waals surface area contributed by atoms with E-state index < -0.39 is 37.9 Å². The lowest BCUT2D eigenvalue weighted by molar-refractivity contribution is -0.164. The monoisotopic (exact) mass is 233 g/mol. The number of aliphatic carboxylic acids is 1. The van der Waals surface area contributed by atoms with Crippen LogP contribution < -0.4 is 0 Å². The quantitative estimate of drug-likeness (QED) is 0.599. The Morgan fingerprint density at radius 3 is 2.47 bits per heavy atom. The molecule has 2 aliphatic rings. The van der Waals surface area contributed by atoms with E-state index in [9.17, 15) is 18.0 Å². The molecule has 84 valence electrons. The van der Waals surface area contributed by atoms with Gasteiger partial charge in [-0.3, -0.25) is 4.79 Å². The molecule has 0 bridgehead atoms. The Morgan fingerprint density at radius 1 is 1.60 bits per heavy atom. The highest BCUT2D eigenvalue weighted by molar-refractivity contribution is 7.93. The molecule has 0 aliphatic carbocycles. The Hall–Kier alpha value is -1.11. The molecule has 0 aromatic heterocycles. The molecule has 3 unspecified atom stereocenters. The van der Waals surface area contributed by atoms with Crippen LogP contribution in [0.5, 0.6) is 0 Å². The highest BCUT2D eigenvalue weighted by atomic mass is 32.2. The Bertz CT molecular complexity index is 456. The van der Waals surface area contributed by atoms with Gasteiger partial charge in [0.1, 0.15) is 5.37 Å². The topological polar surface area (TPSA) is 91.8 Å². The molecule has 2 saturated heterocycles. The lowest BCUT2D eigenvalue weighted by Gasteiger charge is -2.40. The van der Waals surface area contributed by atoms with E-state index in [4.69, 9.17) is 5.11 Å².